The molecule has 1 atom stereocenters. The molecule has 0 amide bonds. The quantitative estimate of drug-likeness (QED) is 0.0261. The van der Waals surface area contributed by atoms with Gasteiger partial charge in [-0.3, -0.25) is 14.4 Å². The van der Waals surface area contributed by atoms with Gasteiger partial charge in [0.15, 0.2) is 6.10 Å². The van der Waals surface area contributed by atoms with E-state index >= 15 is 0 Å². The second-order valence-electron chi connectivity index (χ2n) is 22.0. The number of hydrogen-bond acceptors (Lipinski definition) is 6. The van der Waals surface area contributed by atoms with Crippen molar-refractivity contribution < 1.29 is 28.6 Å². The molecule has 0 saturated heterocycles. The Kier molecular flexibility index (Phi) is 62.7. The Morgan fingerprint density at radius 3 is 0.808 bits per heavy atom. The Hall–Kier alpha value is -3.67. The Balaban J connectivity index is 4.34. The van der Waals surface area contributed by atoms with Gasteiger partial charge in [0.25, 0.3) is 0 Å². The molecule has 0 aromatic rings. The van der Waals surface area contributed by atoms with Crippen molar-refractivity contribution in [3.8, 4) is 0 Å². The van der Waals surface area contributed by atoms with Crippen molar-refractivity contribution in [1.29, 1.82) is 0 Å². The molecule has 448 valence electrons. The van der Waals surface area contributed by atoms with Gasteiger partial charge in [0.05, 0.1) is 0 Å². The predicted octanol–water partition coefficient (Wildman–Crippen LogP) is 22.8. The smallest absolute Gasteiger partial charge is 0.306 e. The number of esters is 3. The van der Waals surface area contributed by atoms with Crippen LogP contribution in [-0.4, -0.2) is 37.2 Å². The zero-order chi connectivity index (χ0) is 56.4. The average Bonchev–Trinajstić information content (AvgIpc) is 3.44. The molecular weight excluding hydrogens is 961 g/mol. The second-order valence-corrected chi connectivity index (χ2v) is 22.0. The average molecular weight is 1090 g/mol. The summed E-state index contributed by atoms with van der Waals surface area (Å²) < 4.78 is 16.9. The predicted molar refractivity (Wildman–Crippen MR) is 339 cm³/mol. The molecule has 0 aromatic heterocycles. The monoisotopic (exact) mass is 1080 g/mol. The largest absolute Gasteiger partial charge is 0.462 e. The molecule has 0 aliphatic carbocycles. The van der Waals surface area contributed by atoms with Gasteiger partial charge in [0.1, 0.15) is 13.2 Å². The van der Waals surface area contributed by atoms with Crippen LogP contribution in [0.4, 0.5) is 0 Å². The van der Waals surface area contributed by atoms with Gasteiger partial charge in [-0.05, 0) is 96.3 Å². The van der Waals surface area contributed by atoms with Crippen LogP contribution in [0.5, 0.6) is 0 Å². The number of carbonyl (C=O) groups is 3. The van der Waals surface area contributed by atoms with Crippen LogP contribution in [0.1, 0.15) is 323 Å². The number of hydrogen-bond donors (Lipinski definition) is 0. The van der Waals surface area contributed by atoms with Crippen LogP contribution in [0.15, 0.2) is 97.2 Å². The Labute approximate surface area is 483 Å². The second kappa shape index (κ2) is 65.8. The van der Waals surface area contributed by atoms with Crippen LogP contribution >= 0.6 is 0 Å². The van der Waals surface area contributed by atoms with E-state index in [1.807, 2.05) is 0 Å². The number of unbranched alkanes of at least 4 members (excludes halogenated alkanes) is 33. The normalized spacial score (nSPS) is 12.7. The van der Waals surface area contributed by atoms with Crippen molar-refractivity contribution >= 4 is 17.9 Å². The van der Waals surface area contributed by atoms with Gasteiger partial charge >= 0.3 is 17.9 Å². The standard InChI is InChI=1S/C72H124O6/c1-4-7-10-13-16-19-22-25-28-30-32-33-34-35-36-37-38-40-41-44-47-50-53-56-59-62-65-71(74)77-68-69(67-76-70(73)64-61-58-55-52-49-46-43-27-24-21-18-15-12-9-6-3)78-72(75)66-63-60-57-54-51-48-45-42-39-31-29-26-23-20-17-14-11-8-5-2/h8-9,11-12,17-18,20-21,26-27,29,39,42-43,49,52,69H,4-7,10,13-16,19,22-25,28,30-38,40-41,44-48,50-51,53-68H2,1-3H3/b11-8-,12-9-,20-17-,21-18-,29-26-,42-39-,43-27-,52-49-. The molecule has 0 heterocycles. The van der Waals surface area contributed by atoms with E-state index in [0.29, 0.717) is 19.3 Å². The summed E-state index contributed by atoms with van der Waals surface area (Å²) in [5.41, 5.74) is 0. The van der Waals surface area contributed by atoms with E-state index in [-0.39, 0.29) is 31.1 Å². The van der Waals surface area contributed by atoms with E-state index < -0.39 is 6.10 Å². The summed E-state index contributed by atoms with van der Waals surface area (Å²) in [6.45, 7) is 6.40. The molecule has 6 nitrogen and oxygen atoms in total. The lowest BCUT2D eigenvalue weighted by Gasteiger charge is -2.18. The Morgan fingerprint density at radius 2 is 0.500 bits per heavy atom. The molecule has 0 N–H and O–H groups in total. The lowest BCUT2D eigenvalue weighted by molar-refractivity contribution is -0.167. The molecule has 0 aliphatic heterocycles. The maximum atomic E-state index is 12.9. The summed E-state index contributed by atoms with van der Waals surface area (Å²) >= 11 is 0. The van der Waals surface area contributed by atoms with Crippen LogP contribution < -0.4 is 0 Å². The van der Waals surface area contributed by atoms with E-state index in [1.165, 1.54) is 161 Å². The third-order valence-corrected chi connectivity index (χ3v) is 14.3. The summed E-state index contributed by atoms with van der Waals surface area (Å²) in [6.07, 6.45) is 88.6. The summed E-state index contributed by atoms with van der Waals surface area (Å²) in [6, 6.07) is 0. The highest BCUT2D eigenvalue weighted by molar-refractivity contribution is 5.71. The molecule has 78 heavy (non-hydrogen) atoms. The molecule has 0 spiro atoms. The van der Waals surface area contributed by atoms with Crippen molar-refractivity contribution in [2.75, 3.05) is 13.2 Å². The van der Waals surface area contributed by atoms with E-state index in [0.717, 1.165) is 122 Å². The fraction of sp³-hybridized carbons (Fsp3) is 0.736. The van der Waals surface area contributed by atoms with Crippen LogP contribution in [-0.2, 0) is 28.6 Å². The van der Waals surface area contributed by atoms with E-state index in [1.54, 1.807) is 0 Å². The van der Waals surface area contributed by atoms with Gasteiger partial charge < -0.3 is 14.2 Å². The zero-order valence-corrected chi connectivity index (χ0v) is 51.4. The molecule has 0 rings (SSSR count). The number of allylic oxidation sites excluding steroid dienone is 16. The summed E-state index contributed by atoms with van der Waals surface area (Å²) in [5, 5.41) is 0. The molecular formula is C72H124O6. The van der Waals surface area contributed by atoms with Gasteiger partial charge in [-0.1, -0.05) is 304 Å². The fourth-order valence-corrected chi connectivity index (χ4v) is 9.43. The molecule has 0 radical (unpaired) electrons. The van der Waals surface area contributed by atoms with Crippen molar-refractivity contribution in [1.82, 2.24) is 0 Å². The maximum Gasteiger partial charge on any atom is 0.306 e. The van der Waals surface area contributed by atoms with Gasteiger partial charge in [-0.15, -0.1) is 0 Å². The topological polar surface area (TPSA) is 78.9 Å². The molecule has 0 saturated carbocycles. The van der Waals surface area contributed by atoms with Crippen LogP contribution in [0.25, 0.3) is 0 Å². The maximum absolute atomic E-state index is 12.9. The highest BCUT2D eigenvalue weighted by atomic mass is 16.6. The van der Waals surface area contributed by atoms with Gasteiger partial charge in [-0.2, -0.15) is 0 Å². The van der Waals surface area contributed by atoms with Crippen molar-refractivity contribution in [3.63, 3.8) is 0 Å². The third-order valence-electron chi connectivity index (χ3n) is 14.3. The van der Waals surface area contributed by atoms with Gasteiger partial charge in [0.2, 0.25) is 0 Å². The van der Waals surface area contributed by atoms with E-state index in [4.69, 9.17) is 14.2 Å². The Bertz CT molecular complexity index is 1530. The summed E-state index contributed by atoms with van der Waals surface area (Å²) in [4.78, 5) is 38.3. The van der Waals surface area contributed by atoms with Crippen molar-refractivity contribution in [2.24, 2.45) is 0 Å². The van der Waals surface area contributed by atoms with Gasteiger partial charge in [-0.25, -0.2) is 0 Å². The lowest BCUT2D eigenvalue weighted by atomic mass is 10.0. The minimum atomic E-state index is -0.804. The molecule has 0 bridgehead atoms. The molecule has 0 fully saturated rings. The van der Waals surface area contributed by atoms with Crippen molar-refractivity contribution in [3.05, 3.63) is 97.2 Å². The third kappa shape index (κ3) is 63.2. The first-order chi connectivity index (χ1) is 38.5. The highest BCUT2D eigenvalue weighted by Crippen LogP contribution is 2.17. The van der Waals surface area contributed by atoms with Crippen LogP contribution in [0.3, 0.4) is 0 Å². The van der Waals surface area contributed by atoms with Crippen LogP contribution in [0.2, 0.25) is 0 Å². The molecule has 0 aliphatic rings. The van der Waals surface area contributed by atoms with E-state index in [9.17, 15) is 14.4 Å². The molecule has 0 aromatic carbocycles. The summed E-state index contributed by atoms with van der Waals surface area (Å²) in [7, 11) is 0. The first-order valence-electron chi connectivity index (χ1n) is 33.2. The summed E-state index contributed by atoms with van der Waals surface area (Å²) in [5.74, 6) is -0.940. The first kappa shape index (κ1) is 74.3. The van der Waals surface area contributed by atoms with Crippen LogP contribution in [0, 0.1) is 0 Å². The number of rotatable bonds is 60. The first-order valence-corrected chi connectivity index (χ1v) is 33.2. The number of ether oxygens (including phenoxy) is 3. The zero-order valence-electron chi connectivity index (χ0n) is 51.4. The minimum absolute atomic E-state index is 0.0948. The SMILES string of the molecule is CC/C=C\C/C=C\C/C=C\C/C=C\CCCCCCCCC(=O)OC(COC(=O)CCCC/C=C\C/C=C\C/C=C\C/C=C\CC)COC(=O)CCCCCCCCCCCCCCCCCCCCCCCCCCCC. The minimum Gasteiger partial charge on any atom is -0.462 e. The molecule has 6 heteroatoms. The van der Waals surface area contributed by atoms with Crippen molar-refractivity contribution in [2.45, 2.75) is 329 Å². The highest BCUT2D eigenvalue weighted by Gasteiger charge is 2.19. The Morgan fingerprint density at radius 1 is 0.269 bits per heavy atom. The fourth-order valence-electron chi connectivity index (χ4n) is 9.43. The number of carbonyl (C=O) groups excluding carboxylic acids is 3. The molecule has 1 unspecified atom stereocenters. The van der Waals surface area contributed by atoms with Gasteiger partial charge in [0, 0.05) is 19.3 Å². The lowest BCUT2D eigenvalue weighted by Crippen LogP contribution is -2.30. The van der Waals surface area contributed by atoms with E-state index in [2.05, 4.69) is 118 Å².